The molecule has 0 spiro atoms. The predicted molar refractivity (Wildman–Crippen MR) is 83.5 cm³/mol. The van der Waals surface area contributed by atoms with Crippen LogP contribution in [0.15, 0.2) is 24.5 Å². The zero-order valence-corrected chi connectivity index (χ0v) is 13.0. The Morgan fingerprint density at radius 3 is 2.60 bits per heavy atom. The second-order valence-electron chi connectivity index (χ2n) is 5.84. The van der Waals surface area contributed by atoms with Crippen LogP contribution in [-0.2, 0) is 0 Å². The van der Waals surface area contributed by atoms with Crippen LogP contribution in [0, 0.1) is 0 Å². The molecule has 112 valence electrons. The number of hydrogen-bond acceptors (Lipinski definition) is 4. The van der Waals surface area contributed by atoms with Crippen molar-refractivity contribution in [1.29, 1.82) is 0 Å². The van der Waals surface area contributed by atoms with Crippen LogP contribution in [0.25, 0.3) is 0 Å². The van der Waals surface area contributed by atoms with E-state index in [4.69, 9.17) is 5.73 Å². The third-order valence-corrected chi connectivity index (χ3v) is 4.60. The lowest BCUT2D eigenvalue weighted by Gasteiger charge is -2.44. The van der Waals surface area contributed by atoms with Crippen LogP contribution in [0.5, 0.6) is 0 Å². The molecule has 0 radical (unpaired) electrons. The van der Waals surface area contributed by atoms with Crippen LogP contribution in [-0.4, -0.2) is 53.5 Å². The predicted octanol–water partition coefficient (Wildman–Crippen LogP) is 1.89. The Kier molecular flexibility index (Phi) is 5.52. The van der Waals surface area contributed by atoms with E-state index in [0.29, 0.717) is 12.1 Å². The Morgan fingerprint density at radius 2 is 2.00 bits per heavy atom. The summed E-state index contributed by atoms with van der Waals surface area (Å²) in [5.41, 5.74) is 7.73. The lowest BCUT2D eigenvalue weighted by Crippen LogP contribution is -2.54. The lowest BCUT2D eigenvalue weighted by molar-refractivity contribution is 0.0524. The summed E-state index contributed by atoms with van der Waals surface area (Å²) in [6.45, 7) is 7.76. The maximum absolute atomic E-state index is 6.43. The second-order valence-corrected chi connectivity index (χ2v) is 5.84. The molecule has 1 fully saturated rings. The van der Waals surface area contributed by atoms with E-state index < -0.39 is 0 Å². The number of nitrogens with two attached hydrogens (primary N) is 1. The molecule has 4 nitrogen and oxygen atoms in total. The third kappa shape index (κ3) is 3.37. The third-order valence-electron chi connectivity index (χ3n) is 4.60. The van der Waals surface area contributed by atoms with Gasteiger partial charge in [0.15, 0.2) is 0 Å². The fourth-order valence-electron chi connectivity index (χ4n) is 3.18. The molecule has 0 saturated carbocycles. The van der Waals surface area contributed by atoms with E-state index in [0.717, 1.165) is 26.1 Å². The zero-order chi connectivity index (χ0) is 14.5. The second kappa shape index (κ2) is 7.16. The first-order chi connectivity index (χ1) is 9.67. The van der Waals surface area contributed by atoms with Crippen molar-refractivity contribution in [2.24, 2.45) is 5.73 Å². The van der Waals surface area contributed by atoms with Gasteiger partial charge in [-0.05, 0) is 37.6 Å². The molecule has 1 saturated heterocycles. The molecule has 20 heavy (non-hydrogen) atoms. The highest BCUT2D eigenvalue weighted by molar-refractivity contribution is 5.18. The molecule has 0 aliphatic carbocycles. The van der Waals surface area contributed by atoms with Crippen molar-refractivity contribution in [3.8, 4) is 0 Å². The average molecular weight is 276 g/mol. The van der Waals surface area contributed by atoms with E-state index in [1.807, 2.05) is 12.4 Å². The van der Waals surface area contributed by atoms with E-state index >= 15 is 0 Å². The molecule has 3 atom stereocenters. The van der Waals surface area contributed by atoms with E-state index in [2.05, 4.69) is 47.8 Å². The summed E-state index contributed by atoms with van der Waals surface area (Å²) < 4.78 is 0. The van der Waals surface area contributed by atoms with Crippen LogP contribution >= 0.6 is 0 Å². The average Bonchev–Trinajstić information content (AvgIpc) is 2.50. The molecule has 1 aromatic heterocycles. The Morgan fingerprint density at radius 1 is 1.30 bits per heavy atom. The molecule has 4 heteroatoms. The van der Waals surface area contributed by atoms with E-state index in [-0.39, 0.29) is 6.04 Å². The number of pyridine rings is 1. The van der Waals surface area contributed by atoms with Crippen LogP contribution in [0.4, 0.5) is 0 Å². The van der Waals surface area contributed by atoms with Gasteiger partial charge in [0.05, 0.1) is 6.04 Å². The summed E-state index contributed by atoms with van der Waals surface area (Å²) in [6, 6.07) is 5.35. The van der Waals surface area contributed by atoms with E-state index in [1.54, 1.807) is 0 Å². The van der Waals surface area contributed by atoms with Gasteiger partial charge in [0.2, 0.25) is 0 Å². The summed E-state index contributed by atoms with van der Waals surface area (Å²) in [7, 11) is 2.23. The first-order valence-corrected chi connectivity index (χ1v) is 7.77. The first-order valence-electron chi connectivity index (χ1n) is 7.77. The molecule has 3 unspecified atom stereocenters. The van der Waals surface area contributed by atoms with Gasteiger partial charge in [-0.3, -0.25) is 9.88 Å². The van der Waals surface area contributed by atoms with Crippen molar-refractivity contribution in [3.63, 3.8) is 0 Å². The summed E-state index contributed by atoms with van der Waals surface area (Å²) in [5.74, 6) is 0. The minimum absolute atomic E-state index is 0.179. The molecule has 0 aromatic carbocycles. The monoisotopic (exact) mass is 276 g/mol. The fourth-order valence-corrected chi connectivity index (χ4v) is 3.18. The largest absolute Gasteiger partial charge is 0.326 e. The van der Waals surface area contributed by atoms with Crippen molar-refractivity contribution < 1.29 is 0 Å². The topological polar surface area (TPSA) is 45.4 Å². The highest BCUT2D eigenvalue weighted by atomic mass is 15.3. The Hall–Kier alpha value is -0.970. The lowest BCUT2D eigenvalue weighted by atomic mass is 9.95. The molecule has 0 amide bonds. The number of likely N-dealkylation sites (N-methyl/N-ethyl adjacent to an activating group) is 1. The number of aromatic nitrogens is 1. The smallest absolute Gasteiger partial charge is 0.0501 e. The van der Waals surface area contributed by atoms with Gasteiger partial charge >= 0.3 is 0 Å². The Bertz CT molecular complexity index is 395. The normalized spacial score (nSPS) is 24.5. The van der Waals surface area contributed by atoms with Gasteiger partial charge in [-0.25, -0.2) is 0 Å². The van der Waals surface area contributed by atoms with Crippen LogP contribution in [0.1, 0.15) is 38.3 Å². The minimum atomic E-state index is 0.179. The van der Waals surface area contributed by atoms with Gasteiger partial charge in [0, 0.05) is 44.1 Å². The zero-order valence-electron chi connectivity index (χ0n) is 13.0. The van der Waals surface area contributed by atoms with Crippen molar-refractivity contribution in [3.05, 3.63) is 30.1 Å². The maximum Gasteiger partial charge on any atom is 0.0501 e. The van der Waals surface area contributed by atoms with Gasteiger partial charge in [0.25, 0.3) is 0 Å². The number of rotatable bonds is 5. The molecule has 1 aromatic rings. The van der Waals surface area contributed by atoms with Crippen molar-refractivity contribution >= 4 is 0 Å². The molecular weight excluding hydrogens is 248 g/mol. The van der Waals surface area contributed by atoms with E-state index in [9.17, 15) is 0 Å². The number of hydrogen-bond donors (Lipinski definition) is 1. The molecule has 2 N–H and O–H groups in total. The molecule has 2 rings (SSSR count). The molecular formula is C16H28N4. The van der Waals surface area contributed by atoms with Crippen LogP contribution in [0.2, 0.25) is 0 Å². The van der Waals surface area contributed by atoms with Gasteiger partial charge < -0.3 is 10.6 Å². The standard InChI is InChI=1S/C16H28N4/c1-4-14-12-20(11-10-19(14)3)16(15(17)5-2)13-6-8-18-9-7-13/h6-9,14-16H,4-5,10-12,17H2,1-3H3. The molecule has 1 aliphatic heterocycles. The van der Waals surface area contributed by atoms with Crippen LogP contribution in [0.3, 0.4) is 0 Å². The number of piperazine rings is 1. The Labute approximate surface area is 123 Å². The number of nitrogens with zero attached hydrogens (tertiary/aromatic N) is 3. The minimum Gasteiger partial charge on any atom is -0.326 e. The summed E-state index contributed by atoms with van der Waals surface area (Å²) in [5, 5.41) is 0. The fraction of sp³-hybridized carbons (Fsp3) is 0.688. The summed E-state index contributed by atoms with van der Waals surface area (Å²) in [4.78, 5) is 9.17. The molecule has 0 bridgehead atoms. The van der Waals surface area contributed by atoms with Crippen molar-refractivity contribution in [1.82, 2.24) is 14.8 Å². The first kappa shape index (κ1) is 15.4. The molecule has 1 aliphatic rings. The highest BCUT2D eigenvalue weighted by Crippen LogP contribution is 2.27. The SMILES string of the molecule is CCC(N)C(c1ccncc1)N1CCN(C)C(CC)C1. The quantitative estimate of drug-likeness (QED) is 0.892. The maximum atomic E-state index is 6.43. The van der Waals surface area contributed by atoms with Crippen molar-refractivity contribution in [2.75, 3.05) is 26.7 Å². The van der Waals surface area contributed by atoms with Crippen molar-refractivity contribution in [2.45, 2.75) is 44.8 Å². The van der Waals surface area contributed by atoms with Gasteiger partial charge in [-0.2, -0.15) is 0 Å². The summed E-state index contributed by atoms with van der Waals surface area (Å²) in [6.07, 6.45) is 5.93. The van der Waals surface area contributed by atoms with E-state index in [1.165, 1.54) is 12.0 Å². The Balaban J connectivity index is 2.19. The van der Waals surface area contributed by atoms with Gasteiger partial charge in [-0.15, -0.1) is 0 Å². The van der Waals surface area contributed by atoms with Gasteiger partial charge in [-0.1, -0.05) is 13.8 Å². The van der Waals surface area contributed by atoms with Gasteiger partial charge in [0.1, 0.15) is 0 Å². The highest BCUT2D eigenvalue weighted by Gasteiger charge is 2.31. The molecule has 2 heterocycles. The summed E-state index contributed by atoms with van der Waals surface area (Å²) >= 11 is 0. The van der Waals surface area contributed by atoms with Crippen LogP contribution < -0.4 is 5.73 Å².